The molecule has 3 unspecified atom stereocenters. The Morgan fingerprint density at radius 1 is 1.48 bits per heavy atom. The van der Waals surface area contributed by atoms with Gasteiger partial charge in [-0.3, -0.25) is 4.57 Å². The van der Waals surface area contributed by atoms with Crippen LogP contribution in [0.5, 0.6) is 0 Å². The lowest BCUT2D eigenvalue weighted by Crippen LogP contribution is -2.28. The molecule has 126 valence electrons. The molecule has 3 rings (SSSR count). The zero-order valence-electron chi connectivity index (χ0n) is 14.4. The molecule has 0 aliphatic carbocycles. The van der Waals surface area contributed by atoms with E-state index in [0.29, 0.717) is 17.8 Å². The second-order valence-electron chi connectivity index (χ2n) is 5.69. The van der Waals surface area contributed by atoms with Gasteiger partial charge in [-0.05, 0) is 13.8 Å². The van der Waals surface area contributed by atoms with Crippen molar-refractivity contribution in [3.63, 3.8) is 0 Å². The van der Waals surface area contributed by atoms with Gasteiger partial charge in [0.1, 0.15) is 18.2 Å². The molecule has 0 amide bonds. The van der Waals surface area contributed by atoms with Crippen molar-refractivity contribution in [2.45, 2.75) is 33.4 Å². The molecule has 0 saturated carbocycles. The van der Waals surface area contributed by atoms with Crippen molar-refractivity contribution in [2.24, 2.45) is 5.92 Å². The number of fused-ring (bicyclic) bond motifs is 1. The topological polar surface area (TPSA) is 88.4 Å². The number of aryl methyl sites for hydroxylation is 2. The van der Waals surface area contributed by atoms with E-state index in [1.165, 1.54) is 6.33 Å². The van der Waals surface area contributed by atoms with E-state index >= 15 is 0 Å². The van der Waals surface area contributed by atoms with Gasteiger partial charge in [0, 0.05) is 12.5 Å². The number of ether oxygens (including phenoxy) is 1. The van der Waals surface area contributed by atoms with Gasteiger partial charge in [-0.2, -0.15) is 0 Å². The summed E-state index contributed by atoms with van der Waals surface area (Å²) in [7, 11) is -3.30. The average Bonchev–Trinajstić information content (AvgIpc) is 2.94. The van der Waals surface area contributed by atoms with Gasteiger partial charge in [0.2, 0.25) is 0 Å². The highest BCUT2D eigenvalue weighted by molar-refractivity contribution is 7.53. The molecule has 0 spiro atoms. The predicted octanol–water partition coefficient (Wildman–Crippen LogP) is 2.37. The third-order valence-electron chi connectivity index (χ3n) is 3.87. The largest absolute Gasteiger partial charge is 0.367 e. The van der Waals surface area contributed by atoms with E-state index in [1.807, 2.05) is 20.8 Å². The minimum Gasteiger partial charge on any atom is -0.367 e. The summed E-state index contributed by atoms with van der Waals surface area (Å²) in [5.41, 5.74) is 2.11. The molecule has 0 radical (unpaired) electrons. The first-order valence-corrected chi connectivity index (χ1v) is 9.19. The Bertz CT molecular complexity index is 770. The number of hydrogen-bond donors (Lipinski definition) is 0. The monoisotopic (exact) mass is 342 g/mol. The third-order valence-corrected chi connectivity index (χ3v) is 5.53. The highest BCUT2D eigenvalue weighted by Gasteiger charge is 2.35. The standard InChI is InChI=1S/C14H21N4O4P/c1-10-6-21-23(19,22-12(10)3)9-20-5-4-18-8-17-13-11(2)15-7-16-14(13)18/h7-8,10,12H,4-6,9H2,1-3H3/t10?,12?,23-/m1/s1/i5T/t5?,10?,12?,23-. The molecule has 2 aromatic heterocycles. The summed E-state index contributed by atoms with van der Waals surface area (Å²) < 4.78 is 38.3. The smallest absolute Gasteiger partial charge is 0.356 e. The van der Waals surface area contributed by atoms with Crippen LogP contribution in [0.1, 0.15) is 20.9 Å². The minimum absolute atomic E-state index is 0.158. The van der Waals surface area contributed by atoms with Crippen LogP contribution in [0.4, 0.5) is 0 Å². The third kappa shape index (κ3) is 3.61. The summed E-state index contributed by atoms with van der Waals surface area (Å²) in [5.74, 6) is 0.180. The Kier molecular flexibility index (Phi) is 4.39. The van der Waals surface area contributed by atoms with E-state index in [4.69, 9.17) is 15.2 Å². The van der Waals surface area contributed by atoms with Crippen LogP contribution >= 0.6 is 7.60 Å². The Morgan fingerprint density at radius 3 is 3.09 bits per heavy atom. The van der Waals surface area contributed by atoms with Gasteiger partial charge >= 0.3 is 7.60 Å². The van der Waals surface area contributed by atoms with Crippen molar-refractivity contribution in [3.05, 3.63) is 18.3 Å². The molecule has 8 nitrogen and oxygen atoms in total. The summed E-state index contributed by atoms with van der Waals surface area (Å²) in [5, 5.41) is 0. The highest BCUT2D eigenvalue weighted by Crippen LogP contribution is 2.53. The molecular weight excluding hydrogens is 319 g/mol. The zero-order chi connectivity index (χ0) is 17.3. The molecule has 4 atom stereocenters. The number of rotatable bonds is 5. The van der Waals surface area contributed by atoms with Crippen molar-refractivity contribution in [1.29, 1.82) is 0 Å². The normalized spacial score (nSPS) is 30.3. The first-order chi connectivity index (χ1) is 11.4. The number of aromatic nitrogens is 4. The second kappa shape index (κ2) is 6.65. The van der Waals surface area contributed by atoms with Crippen molar-refractivity contribution in [3.8, 4) is 0 Å². The molecule has 1 fully saturated rings. The van der Waals surface area contributed by atoms with Crippen LogP contribution in [-0.4, -0.2) is 45.2 Å². The van der Waals surface area contributed by atoms with Crippen molar-refractivity contribution in [2.75, 3.05) is 19.5 Å². The van der Waals surface area contributed by atoms with E-state index in [9.17, 15) is 4.57 Å². The number of imidazole rings is 1. The SMILES string of the molecule is [3H]C(Cn1cnc2c(C)ncnc21)OC[P@@]1(=O)OCC(C)C(C)O1. The molecule has 0 aromatic carbocycles. The fourth-order valence-corrected chi connectivity index (χ4v) is 3.89. The lowest BCUT2D eigenvalue weighted by atomic mass is 10.1. The number of nitrogens with zero attached hydrogens (tertiary/aromatic N) is 4. The van der Waals surface area contributed by atoms with Gasteiger partial charge in [-0.25, -0.2) is 15.0 Å². The molecule has 2 aromatic rings. The fraction of sp³-hybridized carbons (Fsp3) is 0.643. The van der Waals surface area contributed by atoms with E-state index < -0.39 is 14.2 Å². The fourth-order valence-electron chi connectivity index (χ4n) is 2.23. The lowest BCUT2D eigenvalue weighted by Gasteiger charge is -2.32. The molecule has 0 bridgehead atoms. The van der Waals surface area contributed by atoms with Crippen LogP contribution in [-0.2, 0) is 24.9 Å². The minimum atomic E-state index is -3.30. The summed E-state index contributed by atoms with van der Waals surface area (Å²) in [6.07, 6.45) is 2.66. The van der Waals surface area contributed by atoms with Crippen LogP contribution in [0.15, 0.2) is 12.7 Å². The Morgan fingerprint density at radius 2 is 2.30 bits per heavy atom. The number of hydrogen-bond acceptors (Lipinski definition) is 7. The maximum absolute atomic E-state index is 12.5. The van der Waals surface area contributed by atoms with E-state index in [-0.39, 0.29) is 24.9 Å². The molecule has 1 aliphatic rings. The van der Waals surface area contributed by atoms with Gasteiger partial charge in [0.05, 0.1) is 32.7 Å². The van der Waals surface area contributed by atoms with E-state index in [2.05, 4.69) is 15.0 Å². The second-order valence-corrected chi connectivity index (χ2v) is 7.63. The molecular formula is C14H21N4O4P. The van der Waals surface area contributed by atoms with Gasteiger partial charge < -0.3 is 18.4 Å². The van der Waals surface area contributed by atoms with Crippen LogP contribution < -0.4 is 0 Å². The first-order valence-electron chi connectivity index (χ1n) is 8.04. The first kappa shape index (κ1) is 15.2. The van der Waals surface area contributed by atoms with Crippen molar-refractivity contribution < 1.29 is 19.7 Å². The molecule has 1 saturated heterocycles. The van der Waals surface area contributed by atoms with Crippen LogP contribution in [0, 0.1) is 12.8 Å². The predicted molar refractivity (Wildman–Crippen MR) is 84.1 cm³/mol. The summed E-state index contributed by atoms with van der Waals surface area (Å²) in [4.78, 5) is 12.5. The summed E-state index contributed by atoms with van der Waals surface area (Å²) in [6.45, 7) is 5.31. The molecule has 9 heteroatoms. The van der Waals surface area contributed by atoms with Gasteiger partial charge in [-0.15, -0.1) is 0 Å². The van der Waals surface area contributed by atoms with Crippen molar-refractivity contribution >= 4 is 18.8 Å². The van der Waals surface area contributed by atoms with Crippen LogP contribution in [0.3, 0.4) is 0 Å². The van der Waals surface area contributed by atoms with Crippen LogP contribution in [0.2, 0.25) is 0 Å². The zero-order valence-corrected chi connectivity index (χ0v) is 14.3. The van der Waals surface area contributed by atoms with E-state index in [1.54, 1.807) is 10.9 Å². The van der Waals surface area contributed by atoms with Gasteiger partial charge in [0.15, 0.2) is 5.65 Å². The average molecular weight is 342 g/mol. The Labute approximate surface area is 136 Å². The van der Waals surface area contributed by atoms with Crippen LogP contribution in [0.25, 0.3) is 11.2 Å². The summed E-state index contributed by atoms with van der Waals surface area (Å²) in [6, 6.07) is 0. The Balaban J connectivity index is 1.60. The maximum atomic E-state index is 12.5. The molecule has 23 heavy (non-hydrogen) atoms. The highest BCUT2D eigenvalue weighted by atomic mass is 31.2. The molecule has 0 N–H and O–H groups in total. The van der Waals surface area contributed by atoms with E-state index in [0.717, 1.165) is 5.69 Å². The van der Waals surface area contributed by atoms with Gasteiger partial charge in [0.25, 0.3) is 0 Å². The molecule has 1 aliphatic heterocycles. The van der Waals surface area contributed by atoms with Gasteiger partial charge in [-0.1, -0.05) is 6.92 Å². The van der Waals surface area contributed by atoms with Crippen molar-refractivity contribution in [1.82, 2.24) is 19.5 Å². The lowest BCUT2D eigenvalue weighted by molar-refractivity contribution is 0.0283. The Hall–Kier alpha value is -1.34. The quantitative estimate of drug-likeness (QED) is 0.771. The summed E-state index contributed by atoms with van der Waals surface area (Å²) >= 11 is 0. The maximum Gasteiger partial charge on any atom is 0.356 e. The molecule has 3 heterocycles.